The molecule has 0 saturated carbocycles. The number of carbonyl (C=O) groups is 2. The van der Waals surface area contributed by atoms with Crippen molar-refractivity contribution in [1.82, 2.24) is 0 Å². The molecule has 7 heteroatoms. The van der Waals surface area contributed by atoms with Gasteiger partial charge in [0.05, 0.1) is 30.9 Å². The first-order chi connectivity index (χ1) is 9.01. The molecule has 0 aliphatic carbocycles. The predicted molar refractivity (Wildman–Crippen MR) is 63.2 cm³/mol. The molecule has 1 aromatic rings. The van der Waals surface area contributed by atoms with Gasteiger partial charge < -0.3 is 25.2 Å². The Labute approximate surface area is 108 Å². The number of benzene rings is 1. The number of carboxylic acid groups (broad SMARTS) is 2. The molecule has 4 N–H and O–H groups in total. The van der Waals surface area contributed by atoms with Crippen molar-refractivity contribution >= 4 is 11.9 Å². The summed E-state index contributed by atoms with van der Waals surface area (Å²) in [5.41, 5.74) is -0.198. The Bertz CT molecular complexity index is 469. The van der Waals surface area contributed by atoms with E-state index in [0.717, 1.165) is 18.2 Å². The van der Waals surface area contributed by atoms with Gasteiger partial charge >= 0.3 is 11.9 Å². The summed E-state index contributed by atoms with van der Waals surface area (Å²) in [7, 11) is 0. The molecular formula is C12H14O7. The lowest BCUT2D eigenvalue weighted by Crippen LogP contribution is -2.16. The third-order valence-corrected chi connectivity index (χ3v) is 2.45. The van der Waals surface area contributed by atoms with Crippen LogP contribution in [0.1, 0.15) is 32.4 Å². The average Bonchev–Trinajstić information content (AvgIpc) is 2.39. The van der Waals surface area contributed by atoms with Crippen molar-refractivity contribution in [2.45, 2.75) is 6.10 Å². The number of hydrogen-bond acceptors (Lipinski definition) is 5. The average molecular weight is 270 g/mol. The smallest absolute Gasteiger partial charge is 0.336 e. The zero-order valence-corrected chi connectivity index (χ0v) is 9.94. The maximum atomic E-state index is 11.1. The van der Waals surface area contributed by atoms with Crippen LogP contribution in [0.3, 0.4) is 0 Å². The number of aliphatic hydroxyl groups excluding tert-OH is 2. The van der Waals surface area contributed by atoms with E-state index in [1.807, 2.05) is 0 Å². The largest absolute Gasteiger partial charge is 0.478 e. The monoisotopic (exact) mass is 270 g/mol. The Morgan fingerprint density at radius 1 is 1.16 bits per heavy atom. The molecule has 0 saturated heterocycles. The van der Waals surface area contributed by atoms with Crippen LogP contribution < -0.4 is 0 Å². The maximum Gasteiger partial charge on any atom is 0.336 e. The molecule has 1 atom stereocenters. The molecule has 7 nitrogen and oxygen atoms in total. The molecule has 0 aliphatic rings. The summed E-state index contributed by atoms with van der Waals surface area (Å²) in [5.74, 6) is -2.46. The number of ether oxygens (including phenoxy) is 1. The lowest BCUT2D eigenvalue weighted by atomic mass is 9.99. The second-order valence-electron chi connectivity index (χ2n) is 3.68. The molecule has 1 aromatic carbocycles. The third kappa shape index (κ3) is 3.75. The van der Waals surface area contributed by atoms with Crippen LogP contribution in [0.2, 0.25) is 0 Å². The molecule has 104 valence electrons. The molecule has 0 amide bonds. The van der Waals surface area contributed by atoms with Crippen LogP contribution in [0.25, 0.3) is 0 Å². The molecule has 0 fully saturated rings. The molecule has 1 rings (SSSR count). The van der Waals surface area contributed by atoms with E-state index < -0.39 is 24.6 Å². The van der Waals surface area contributed by atoms with Crippen LogP contribution in [-0.2, 0) is 4.74 Å². The van der Waals surface area contributed by atoms with Gasteiger partial charge in [-0.15, -0.1) is 0 Å². The summed E-state index contributed by atoms with van der Waals surface area (Å²) in [4.78, 5) is 21.9. The Morgan fingerprint density at radius 2 is 1.84 bits per heavy atom. The fraction of sp³-hybridized carbons (Fsp3) is 0.333. The van der Waals surface area contributed by atoms with Crippen molar-refractivity contribution in [3.8, 4) is 0 Å². The van der Waals surface area contributed by atoms with Crippen LogP contribution in [0.15, 0.2) is 18.2 Å². The Balaban J connectivity index is 3.21. The minimum atomic E-state index is -1.25. The van der Waals surface area contributed by atoms with Crippen molar-refractivity contribution < 1.29 is 34.8 Å². The first-order valence-electron chi connectivity index (χ1n) is 5.45. The molecule has 0 aromatic heterocycles. The topological polar surface area (TPSA) is 124 Å². The zero-order chi connectivity index (χ0) is 14.4. The quantitative estimate of drug-likeness (QED) is 0.554. The minimum Gasteiger partial charge on any atom is -0.478 e. The normalized spacial score (nSPS) is 12.1. The standard InChI is InChI=1S/C12H14O7/c13-3-4-19-10(6-14)9-5-7(11(15)16)1-2-8(9)12(17)18/h1-2,5,10,13-14H,3-4,6H2,(H,15,16)(H,17,18). The summed E-state index contributed by atoms with van der Waals surface area (Å²) < 4.78 is 5.10. The van der Waals surface area contributed by atoms with Gasteiger partial charge in [0.1, 0.15) is 6.10 Å². The van der Waals surface area contributed by atoms with Crippen LogP contribution in [0.4, 0.5) is 0 Å². The van der Waals surface area contributed by atoms with E-state index in [0.29, 0.717) is 0 Å². The number of aliphatic hydroxyl groups is 2. The molecule has 0 aliphatic heterocycles. The summed E-state index contributed by atoms with van der Waals surface area (Å²) in [6.45, 7) is -0.914. The highest BCUT2D eigenvalue weighted by Gasteiger charge is 2.21. The van der Waals surface area contributed by atoms with Gasteiger partial charge in [-0.3, -0.25) is 0 Å². The number of carboxylic acids is 2. The van der Waals surface area contributed by atoms with Gasteiger partial charge in [0.25, 0.3) is 0 Å². The fourth-order valence-corrected chi connectivity index (χ4v) is 1.59. The maximum absolute atomic E-state index is 11.1. The summed E-state index contributed by atoms with van der Waals surface area (Å²) in [6.07, 6.45) is -1.00. The number of hydrogen-bond donors (Lipinski definition) is 4. The van der Waals surface area contributed by atoms with E-state index in [4.69, 9.17) is 20.1 Å². The predicted octanol–water partition coefficient (Wildman–Crippen LogP) is 0.125. The minimum absolute atomic E-state index is 0.0587. The Kier molecular flexibility index (Phi) is 5.43. The second-order valence-corrected chi connectivity index (χ2v) is 3.68. The van der Waals surface area contributed by atoms with Gasteiger partial charge in [-0.25, -0.2) is 9.59 Å². The van der Waals surface area contributed by atoms with Crippen LogP contribution in [-0.4, -0.2) is 52.2 Å². The lowest BCUT2D eigenvalue weighted by molar-refractivity contribution is -0.00542. The van der Waals surface area contributed by atoms with Crippen molar-refractivity contribution in [3.05, 3.63) is 34.9 Å². The van der Waals surface area contributed by atoms with Crippen LogP contribution in [0.5, 0.6) is 0 Å². The van der Waals surface area contributed by atoms with E-state index in [9.17, 15) is 14.7 Å². The third-order valence-electron chi connectivity index (χ3n) is 2.45. The summed E-state index contributed by atoms with van der Waals surface area (Å²) in [5, 5.41) is 35.8. The second kappa shape index (κ2) is 6.83. The molecule has 1 unspecified atom stereocenters. The number of rotatable bonds is 7. The summed E-state index contributed by atoms with van der Waals surface area (Å²) >= 11 is 0. The number of aromatic carboxylic acids is 2. The molecule has 0 bridgehead atoms. The molecule has 0 heterocycles. The molecular weight excluding hydrogens is 256 g/mol. The zero-order valence-electron chi connectivity index (χ0n) is 9.94. The fourth-order valence-electron chi connectivity index (χ4n) is 1.59. The Morgan fingerprint density at radius 3 is 2.32 bits per heavy atom. The van der Waals surface area contributed by atoms with Gasteiger partial charge in [-0.05, 0) is 23.8 Å². The van der Waals surface area contributed by atoms with Gasteiger partial charge in [0, 0.05) is 0 Å². The van der Waals surface area contributed by atoms with Gasteiger partial charge in [-0.2, -0.15) is 0 Å². The molecule has 19 heavy (non-hydrogen) atoms. The highest BCUT2D eigenvalue weighted by Crippen LogP contribution is 2.23. The van der Waals surface area contributed by atoms with Crippen molar-refractivity contribution in [2.75, 3.05) is 19.8 Å². The highest BCUT2D eigenvalue weighted by atomic mass is 16.5. The molecule has 0 radical (unpaired) electrons. The SMILES string of the molecule is O=C(O)c1ccc(C(=O)O)c(C(CO)OCCO)c1. The van der Waals surface area contributed by atoms with Gasteiger partial charge in [0.15, 0.2) is 0 Å². The van der Waals surface area contributed by atoms with E-state index in [2.05, 4.69) is 0 Å². The highest BCUT2D eigenvalue weighted by molar-refractivity contribution is 5.93. The van der Waals surface area contributed by atoms with Crippen LogP contribution in [0, 0.1) is 0 Å². The molecule has 0 spiro atoms. The van der Waals surface area contributed by atoms with Crippen molar-refractivity contribution in [3.63, 3.8) is 0 Å². The van der Waals surface area contributed by atoms with E-state index in [1.54, 1.807) is 0 Å². The van der Waals surface area contributed by atoms with Crippen LogP contribution >= 0.6 is 0 Å². The lowest BCUT2D eigenvalue weighted by Gasteiger charge is -2.17. The summed E-state index contributed by atoms with van der Waals surface area (Å²) in [6, 6.07) is 3.45. The van der Waals surface area contributed by atoms with E-state index >= 15 is 0 Å². The van der Waals surface area contributed by atoms with E-state index in [1.165, 1.54) is 0 Å². The first-order valence-corrected chi connectivity index (χ1v) is 5.45. The van der Waals surface area contributed by atoms with Crippen molar-refractivity contribution in [1.29, 1.82) is 0 Å². The Hall–Kier alpha value is -1.96. The van der Waals surface area contributed by atoms with E-state index in [-0.39, 0.29) is 29.9 Å². The van der Waals surface area contributed by atoms with Crippen molar-refractivity contribution in [2.24, 2.45) is 0 Å². The first kappa shape index (κ1) is 15.1. The van der Waals surface area contributed by atoms with Gasteiger partial charge in [0.2, 0.25) is 0 Å². The van der Waals surface area contributed by atoms with Gasteiger partial charge in [-0.1, -0.05) is 0 Å².